The van der Waals surface area contributed by atoms with Crippen molar-refractivity contribution in [3.63, 3.8) is 0 Å². The Bertz CT molecular complexity index is 918. The van der Waals surface area contributed by atoms with Gasteiger partial charge in [0.15, 0.2) is 0 Å². The zero-order valence-electron chi connectivity index (χ0n) is 13.2. The predicted octanol–water partition coefficient (Wildman–Crippen LogP) is 2.62. The summed E-state index contributed by atoms with van der Waals surface area (Å²) >= 11 is 0. The number of halogens is 1. The third kappa shape index (κ3) is 2.27. The number of nitrogens with zero attached hydrogens (tertiary/aromatic N) is 3. The van der Waals surface area contributed by atoms with E-state index in [1.54, 1.807) is 27.9 Å². The number of fused-ring (bicyclic) bond motifs is 1. The third-order valence-electron chi connectivity index (χ3n) is 4.61. The average molecular weight is 324 g/mol. The molecule has 1 aromatic heterocycles. The van der Waals surface area contributed by atoms with Gasteiger partial charge in [-0.2, -0.15) is 5.10 Å². The number of hydrogen-bond donors (Lipinski definition) is 1. The van der Waals surface area contributed by atoms with Crippen molar-refractivity contribution in [2.75, 3.05) is 4.90 Å². The number of carbonyl (C=O) groups is 1. The van der Waals surface area contributed by atoms with E-state index >= 15 is 0 Å². The molecule has 0 aliphatic carbocycles. The van der Waals surface area contributed by atoms with Crippen molar-refractivity contribution in [1.29, 1.82) is 0 Å². The van der Waals surface area contributed by atoms with Crippen LogP contribution in [0.25, 0.3) is 16.6 Å². The molecule has 24 heavy (non-hydrogen) atoms. The van der Waals surface area contributed by atoms with E-state index in [9.17, 15) is 9.18 Å². The number of anilines is 1. The highest BCUT2D eigenvalue weighted by molar-refractivity contribution is 5.99. The number of rotatable bonds is 2. The smallest absolute Gasteiger partial charge is 0.228 e. The zero-order chi connectivity index (χ0) is 16.8. The molecule has 2 atom stereocenters. The van der Waals surface area contributed by atoms with E-state index < -0.39 is 0 Å². The van der Waals surface area contributed by atoms with Gasteiger partial charge in [0.05, 0.1) is 17.4 Å². The molecule has 122 valence electrons. The fourth-order valence-corrected chi connectivity index (χ4v) is 3.23. The first-order valence-corrected chi connectivity index (χ1v) is 7.86. The van der Waals surface area contributed by atoms with Crippen LogP contribution < -0.4 is 10.6 Å². The lowest BCUT2D eigenvalue weighted by molar-refractivity contribution is -0.117. The Morgan fingerprint density at radius 1 is 1.17 bits per heavy atom. The van der Waals surface area contributed by atoms with Crippen molar-refractivity contribution in [3.05, 3.63) is 54.5 Å². The van der Waals surface area contributed by atoms with Crippen LogP contribution in [0.5, 0.6) is 0 Å². The summed E-state index contributed by atoms with van der Waals surface area (Å²) in [7, 11) is 0. The molecule has 1 fully saturated rings. The van der Waals surface area contributed by atoms with Crippen molar-refractivity contribution in [3.8, 4) is 5.69 Å². The number of nitrogens with two attached hydrogens (primary N) is 1. The van der Waals surface area contributed by atoms with Gasteiger partial charge in [-0.1, -0.05) is 0 Å². The van der Waals surface area contributed by atoms with Gasteiger partial charge in [0.2, 0.25) is 5.91 Å². The fraction of sp³-hybridized carbons (Fsp3) is 0.222. The summed E-state index contributed by atoms with van der Waals surface area (Å²) in [6.07, 6.45) is 2.11. The molecule has 4 rings (SSSR count). The number of benzene rings is 2. The standard InChI is InChI=1S/C18H17FN4O/c1-11-16(20)9-18(24)22(11)15-6-7-17-12(8-15)10-21-23(17)14-4-2-13(19)3-5-14/h2-8,10-11,16H,9,20H2,1H3/t11-,16+/m0/s1. The maximum atomic E-state index is 13.1. The summed E-state index contributed by atoms with van der Waals surface area (Å²) in [4.78, 5) is 13.9. The van der Waals surface area contributed by atoms with Crippen LogP contribution in [-0.4, -0.2) is 27.8 Å². The van der Waals surface area contributed by atoms with Crippen molar-refractivity contribution >= 4 is 22.5 Å². The SMILES string of the molecule is C[C@H]1[C@H](N)CC(=O)N1c1ccc2c(cnn2-c2ccc(F)cc2)c1. The molecule has 1 aliphatic rings. The Labute approximate surface area is 138 Å². The molecule has 0 bridgehead atoms. The van der Waals surface area contributed by atoms with E-state index in [-0.39, 0.29) is 23.8 Å². The molecule has 5 nitrogen and oxygen atoms in total. The number of amides is 1. The van der Waals surface area contributed by atoms with Crippen LogP contribution in [0.3, 0.4) is 0 Å². The van der Waals surface area contributed by atoms with E-state index in [4.69, 9.17) is 5.73 Å². The van der Waals surface area contributed by atoms with Gasteiger partial charge < -0.3 is 10.6 Å². The van der Waals surface area contributed by atoms with Crippen LogP contribution in [0.15, 0.2) is 48.7 Å². The molecule has 1 saturated heterocycles. The second-order valence-electron chi connectivity index (χ2n) is 6.15. The molecule has 3 aromatic rings. The highest BCUT2D eigenvalue weighted by Crippen LogP contribution is 2.29. The van der Waals surface area contributed by atoms with Crippen LogP contribution in [0.1, 0.15) is 13.3 Å². The van der Waals surface area contributed by atoms with Gasteiger partial charge in [0, 0.05) is 29.6 Å². The van der Waals surface area contributed by atoms with Gasteiger partial charge in [-0.15, -0.1) is 0 Å². The highest BCUT2D eigenvalue weighted by atomic mass is 19.1. The normalized spacial score (nSPS) is 21.0. The van der Waals surface area contributed by atoms with Crippen molar-refractivity contribution in [2.24, 2.45) is 5.73 Å². The lowest BCUT2D eigenvalue weighted by Crippen LogP contribution is -2.37. The molecule has 1 amide bonds. The Morgan fingerprint density at radius 2 is 1.88 bits per heavy atom. The van der Waals surface area contributed by atoms with Crippen molar-refractivity contribution < 1.29 is 9.18 Å². The largest absolute Gasteiger partial charge is 0.325 e. The van der Waals surface area contributed by atoms with Crippen LogP contribution in [0, 0.1) is 5.82 Å². The van der Waals surface area contributed by atoms with Crippen LogP contribution in [0.4, 0.5) is 10.1 Å². The molecule has 6 heteroatoms. The van der Waals surface area contributed by atoms with Crippen molar-refractivity contribution in [2.45, 2.75) is 25.4 Å². The van der Waals surface area contributed by atoms with Crippen LogP contribution in [0.2, 0.25) is 0 Å². The second-order valence-corrected chi connectivity index (χ2v) is 6.15. The molecule has 2 heterocycles. The summed E-state index contributed by atoms with van der Waals surface area (Å²) in [6, 6.07) is 11.8. The summed E-state index contributed by atoms with van der Waals surface area (Å²) in [5, 5.41) is 5.30. The minimum absolute atomic E-state index is 0.0258. The molecular formula is C18H17FN4O. The van der Waals surface area contributed by atoms with Crippen molar-refractivity contribution in [1.82, 2.24) is 9.78 Å². The van der Waals surface area contributed by atoms with Gasteiger partial charge in [-0.3, -0.25) is 4.79 Å². The quantitative estimate of drug-likeness (QED) is 0.788. The average Bonchev–Trinajstić information content (AvgIpc) is 3.09. The summed E-state index contributed by atoms with van der Waals surface area (Å²) in [5.41, 5.74) is 8.50. The van der Waals surface area contributed by atoms with Gasteiger partial charge in [-0.05, 0) is 49.4 Å². The minimum atomic E-state index is -0.282. The highest BCUT2D eigenvalue weighted by Gasteiger charge is 2.35. The fourth-order valence-electron chi connectivity index (χ4n) is 3.23. The lowest BCUT2D eigenvalue weighted by atomic mass is 10.1. The molecule has 2 N–H and O–H groups in total. The Morgan fingerprint density at radius 3 is 2.54 bits per heavy atom. The lowest BCUT2D eigenvalue weighted by Gasteiger charge is -2.23. The summed E-state index contributed by atoms with van der Waals surface area (Å²) in [6.45, 7) is 1.96. The first-order chi connectivity index (χ1) is 11.5. The van der Waals surface area contributed by atoms with Gasteiger partial charge in [0.25, 0.3) is 0 Å². The minimum Gasteiger partial charge on any atom is -0.325 e. The predicted molar refractivity (Wildman–Crippen MR) is 90.6 cm³/mol. The Hall–Kier alpha value is -2.73. The zero-order valence-corrected chi connectivity index (χ0v) is 13.2. The maximum Gasteiger partial charge on any atom is 0.228 e. The van der Waals surface area contributed by atoms with Gasteiger partial charge in [-0.25, -0.2) is 9.07 Å². The summed E-state index contributed by atoms with van der Waals surface area (Å²) < 4.78 is 14.8. The number of carbonyl (C=O) groups excluding carboxylic acids is 1. The van der Waals surface area contributed by atoms with Crippen LogP contribution in [-0.2, 0) is 4.79 Å². The first kappa shape index (κ1) is 14.8. The van der Waals surface area contributed by atoms with Gasteiger partial charge >= 0.3 is 0 Å². The third-order valence-corrected chi connectivity index (χ3v) is 4.61. The van der Waals surface area contributed by atoms with E-state index in [2.05, 4.69) is 5.10 Å². The maximum absolute atomic E-state index is 13.1. The van der Waals surface area contributed by atoms with E-state index in [0.29, 0.717) is 6.42 Å². The first-order valence-electron chi connectivity index (χ1n) is 7.86. The Balaban J connectivity index is 1.76. The molecule has 0 radical (unpaired) electrons. The molecule has 0 spiro atoms. The van der Waals surface area contributed by atoms with E-state index in [0.717, 1.165) is 22.3 Å². The molecule has 0 unspecified atom stereocenters. The summed E-state index contributed by atoms with van der Waals surface area (Å²) in [5.74, 6) is -0.240. The molecule has 1 aliphatic heterocycles. The Kier molecular flexibility index (Phi) is 3.35. The molecule has 0 saturated carbocycles. The van der Waals surface area contributed by atoms with Crippen LogP contribution >= 0.6 is 0 Å². The number of hydrogen-bond acceptors (Lipinski definition) is 3. The topological polar surface area (TPSA) is 64.2 Å². The van der Waals surface area contributed by atoms with E-state index in [1.807, 2.05) is 25.1 Å². The second kappa shape index (κ2) is 5.42. The number of aromatic nitrogens is 2. The van der Waals surface area contributed by atoms with Gasteiger partial charge in [0.1, 0.15) is 5.82 Å². The van der Waals surface area contributed by atoms with E-state index in [1.165, 1.54) is 12.1 Å². The molecular weight excluding hydrogens is 307 g/mol. The molecule has 2 aromatic carbocycles. The monoisotopic (exact) mass is 324 g/mol.